The van der Waals surface area contributed by atoms with Crippen LogP contribution in [-0.2, 0) is 29.4 Å². The molecule has 1 saturated heterocycles. The van der Waals surface area contributed by atoms with Crippen LogP contribution in [0.3, 0.4) is 0 Å². The number of nitrogens with one attached hydrogen (secondary N) is 2. The molecule has 0 amide bonds. The minimum Gasteiger partial charge on any atom is -0.505 e. The molecule has 9 nitrogen and oxygen atoms in total. The molecule has 38 heavy (non-hydrogen) atoms. The molecule has 11 heteroatoms. The van der Waals surface area contributed by atoms with E-state index in [1.165, 1.54) is 18.4 Å². The number of benzene rings is 2. The van der Waals surface area contributed by atoms with E-state index in [1.807, 2.05) is 25.1 Å². The molecule has 0 saturated carbocycles. The second-order valence-electron chi connectivity index (χ2n) is 10.3. The highest BCUT2D eigenvalue weighted by Crippen LogP contribution is 2.34. The van der Waals surface area contributed by atoms with Crippen LogP contribution in [0.4, 0.5) is 4.39 Å². The third kappa shape index (κ3) is 4.48. The van der Waals surface area contributed by atoms with E-state index < -0.39 is 15.8 Å². The van der Waals surface area contributed by atoms with Gasteiger partial charge in [0.05, 0.1) is 23.2 Å². The monoisotopic (exact) mass is 538 g/mol. The lowest BCUT2D eigenvalue weighted by molar-refractivity contribution is 0.124. The molecule has 4 aromatic rings. The van der Waals surface area contributed by atoms with Crippen LogP contribution in [0.1, 0.15) is 36.7 Å². The summed E-state index contributed by atoms with van der Waals surface area (Å²) in [4.78, 5) is 10.8. The van der Waals surface area contributed by atoms with Crippen molar-refractivity contribution in [1.82, 2.24) is 29.4 Å². The van der Waals surface area contributed by atoms with Gasteiger partial charge in [0.15, 0.2) is 17.4 Å². The van der Waals surface area contributed by atoms with Gasteiger partial charge in [0.1, 0.15) is 5.69 Å². The van der Waals surface area contributed by atoms with Gasteiger partial charge in [0, 0.05) is 44.0 Å². The fraction of sp³-hybridized carbons (Fsp3) is 0.407. The number of imidazole rings is 1. The van der Waals surface area contributed by atoms with E-state index in [1.54, 1.807) is 4.31 Å². The van der Waals surface area contributed by atoms with Crippen molar-refractivity contribution in [3.8, 4) is 28.4 Å². The maximum absolute atomic E-state index is 14.1. The topological polar surface area (TPSA) is 118 Å². The number of hydrogen-bond acceptors (Lipinski definition) is 6. The van der Waals surface area contributed by atoms with Crippen LogP contribution >= 0.6 is 0 Å². The van der Waals surface area contributed by atoms with E-state index in [4.69, 9.17) is 4.98 Å². The fourth-order valence-electron chi connectivity index (χ4n) is 5.81. The van der Waals surface area contributed by atoms with Crippen LogP contribution < -0.4 is 0 Å². The number of H-pyrrole nitrogens is 2. The van der Waals surface area contributed by atoms with Gasteiger partial charge < -0.3 is 10.1 Å². The van der Waals surface area contributed by atoms with Gasteiger partial charge in [-0.15, -0.1) is 0 Å². The molecule has 6 rings (SSSR count). The van der Waals surface area contributed by atoms with Gasteiger partial charge in [-0.25, -0.2) is 22.1 Å². The maximum atomic E-state index is 14.1. The molecule has 0 radical (unpaired) electrons. The van der Waals surface area contributed by atoms with Crippen molar-refractivity contribution in [3.63, 3.8) is 0 Å². The first-order valence-electron chi connectivity index (χ1n) is 13.0. The molecular weight excluding hydrogens is 507 g/mol. The largest absolute Gasteiger partial charge is 0.505 e. The van der Waals surface area contributed by atoms with Crippen molar-refractivity contribution in [2.24, 2.45) is 0 Å². The summed E-state index contributed by atoms with van der Waals surface area (Å²) in [6.45, 7) is 4.76. The first-order valence-corrected chi connectivity index (χ1v) is 14.8. The highest BCUT2D eigenvalue weighted by Gasteiger charge is 2.31. The molecule has 2 aromatic carbocycles. The smallest absolute Gasteiger partial charge is 0.211 e. The lowest BCUT2D eigenvalue weighted by Crippen LogP contribution is -2.47. The minimum atomic E-state index is -3.13. The number of aromatic nitrogens is 4. The minimum absolute atomic E-state index is 0.338. The molecule has 0 spiro atoms. The molecule has 0 unspecified atom stereocenters. The normalized spacial score (nSPS) is 17.8. The van der Waals surface area contributed by atoms with Crippen molar-refractivity contribution in [2.45, 2.75) is 45.2 Å². The second-order valence-corrected chi connectivity index (χ2v) is 12.3. The Balaban J connectivity index is 1.23. The summed E-state index contributed by atoms with van der Waals surface area (Å²) in [5, 5.41) is 18.3. The third-order valence-electron chi connectivity index (χ3n) is 7.92. The van der Waals surface area contributed by atoms with E-state index in [9.17, 15) is 17.9 Å². The lowest BCUT2D eigenvalue weighted by Gasteiger charge is -2.39. The SMILES string of the molecule is CCc1cc(O)c(F)cc1-c1ccc2c(-c3nc4c([nH]3)CN(C3CCN(S(C)(=O)=O)CC3)CC4)n[nH]c2c1. The van der Waals surface area contributed by atoms with Gasteiger partial charge >= 0.3 is 0 Å². The van der Waals surface area contributed by atoms with Gasteiger partial charge in [0.25, 0.3) is 0 Å². The third-order valence-corrected chi connectivity index (χ3v) is 9.23. The van der Waals surface area contributed by atoms with Crippen molar-refractivity contribution >= 4 is 20.9 Å². The van der Waals surface area contributed by atoms with E-state index in [0.717, 1.165) is 77.0 Å². The van der Waals surface area contributed by atoms with E-state index in [0.29, 0.717) is 31.4 Å². The Morgan fingerprint density at radius 2 is 1.95 bits per heavy atom. The number of aromatic amines is 2. The molecule has 2 aliphatic rings. The number of phenols is 1. The van der Waals surface area contributed by atoms with Crippen LogP contribution in [0.2, 0.25) is 0 Å². The number of halogens is 1. The Labute approximate surface area is 220 Å². The Kier molecular flexibility index (Phi) is 6.24. The van der Waals surface area contributed by atoms with Crippen molar-refractivity contribution < 1.29 is 17.9 Å². The Morgan fingerprint density at radius 1 is 1.16 bits per heavy atom. The molecule has 0 aliphatic carbocycles. The maximum Gasteiger partial charge on any atom is 0.211 e. The van der Waals surface area contributed by atoms with Crippen LogP contribution in [0.15, 0.2) is 30.3 Å². The summed E-state index contributed by atoms with van der Waals surface area (Å²) < 4.78 is 39.4. The average molecular weight is 539 g/mol. The van der Waals surface area contributed by atoms with Crippen LogP contribution in [0, 0.1) is 5.82 Å². The number of nitrogens with zero attached hydrogens (tertiary/aromatic N) is 4. The summed E-state index contributed by atoms with van der Waals surface area (Å²) in [6.07, 6.45) is 4.45. The van der Waals surface area contributed by atoms with Gasteiger partial charge in [0.2, 0.25) is 10.0 Å². The van der Waals surface area contributed by atoms with Gasteiger partial charge in [-0.1, -0.05) is 13.0 Å². The van der Waals surface area contributed by atoms with E-state index >= 15 is 0 Å². The predicted molar refractivity (Wildman–Crippen MR) is 144 cm³/mol. The van der Waals surface area contributed by atoms with Gasteiger partial charge in [-0.05, 0) is 60.2 Å². The Morgan fingerprint density at radius 3 is 2.68 bits per heavy atom. The first kappa shape index (κ1) is 25.0. The zero-order valence-corrected chi connectivity index (χ0v) is 22.3. The van der Waals surface area contributed by atoms with Crippen LogP contribution in [0.5, 0.6) is 5.75 Å². The van der Waals surface area contributed by atoms with E-state index in [-0.39, 0.29) is 5.75 Å². The Hall–Kier alpha value is -3.28. The summed E-state index contributed by atoms with van der Waals surface area (Å²) in [5.41, 5.74) is 6.15. The van der Waals surface area contributed by atoms with Gasteiger partial charge in [-0.3, -0.25) is 10.00 Å². The number of rotatable bonds is 5. The standard InChI is InChI=1S/C27H31FN6O3S/c1-3-16-13-25(35)21(28)14-20(16)17-4-5-19-23(12-17)31-32-26(19)27-29-22-8-9-33(15-24(22)30-27)18-6-10-34(11-7-18)38(2,36)37/h4-5,12-14,18,35H,3,6-11,15H2,1-2H3,(H,29,30)(H,31,32). The highest BCUT2D eigenvalue weighted by atomic mass is 32.2. The van der Waals surface area contributed by atoms with Crippen molar-refractivity contribution in [2.75, 3.05) is 25.9 Å². The summed E-state index contributed by atoms with van der Waals surface area (Å²) in [6, 6.07) is 9.08. The molecule has 2 aromatic heterocycles. The van der Waals surface area contributed by atoms with Crippen molar-refractivity contribution in [1.29, 1.82) is 0 Å². The molecule has 3 N–H and O–H groups in total. The van der Waals surface area contributed by atoms with E-state index in [2.05, 4.69) is 20.1 Å². The number of hydrogen-bond donors (Lipinski definition) is 3. The van der Waals surface area contributed by atoms with Crippen LogP contribution in [-0.4, -0.2) is 74.8 Å². The molecule has 2 aliphatic heterocycles. The molecule has 4 heterocycles. The summed E-state index contributed by atoms with van der Waals surface area (Å²) in [7, 11) is -3.13. The van der Waals surface area contributed by atoms with Gasteiger partial charge in [-0.2, -0.15) is 5.10 Å². The first-order chi connectivity index (χ1) is 18.2. The summed E-state index contributed by atoms with van der Waals surface area (Å²) in [5.74, 6) is -0.262. The molecule has 0 atom stereocenters. The molecular formula is C27H31FN6O3S. The lowest BCUT2D eigenvalue weighted by atomic mass is 9.96. The Bertz CT molecular complexity index is 1620. The zero-order chi connectivity index (χ0) is 26.6. The number of fused-ring (bicyclic) bond motifs is 2. The number of phenolic OH excluding ortho intramolecular Hbond substituents is 1. The number of piperidine rings is 1. The number of aryl methyl sites for hydroxylation is 1. The molecule has 0 bridgehead atoms. The molecule has 1 fully saturated rings. The predicted octanol–water partition coefficient (Wildman–Crippen LogP) is 3.81. The molecule has 200 valence electrons. The number of sulfonamides is 1. The number of aromatic hydroxyl groups is 1. The van der Waals surface area contributed by atoms with Crippen LogP contribution in [0.25, 0.3) is 33.5 Å². The average Bonchev–Trinajstić information content (AvgIpc) is 3.52. The summed E-state index contributed by atoms with van der Waals surface area (Å²) >= 11 is 0. The second kappa shape index (κ2) is 9.48. The van der Waals surface area contributed by atoms with Crippen molar-refractivity contribution in [3.05, 3.63) is 53.1 Å². The quantitative estimate of drug-likeness (QED) is 0.356. The zero-order valence-electron chi connectivity index (χ0n) is 21.5. The highest BCUT2D eigenvalue weighted by molar-refractivity contribution is 7.88. The fourth-order valence-corrected chi connectivity index (χ4v) is 6.69.